The van der Waals surface area contributed by atoms with E-state index in [9.17, 15) is 4.79 Å². The summed E-state index contributed by atoms with van der Waals surface area (Å²) >= 11 is 0. The Kier molecular flexibility index (Phi) is 3.62. The molecule has 0 bridgehead atoms. The highest BCUT2D eigenvalue weighted by Gasteiger charge is 2.45. The lowest BCUT2D eigenvalue weighted by Gasteiger charge is -2.26. The normalized spacial score (nSPS) is 25.0. The fourth-order valence-corrected chi connectivity index (χ4v) is 2.89. The van der Waals surface area contributed by atoms with Gasteiger partial charge in [0.2, 0.25) is 5.91 Å². The molecule has 3 rings (SSSR count). The van der Waals surface area contributed by atoms with Crippen molar-refractivity contribution in [2.24, 2.45) is 11.7 Å². The third-order valence-electron chi connectivity index (χ3n) is 3.86. The summed E-state index contributed by atoms with van der Waals surface area (Å²) in [5, 5.41) is 1.80. The van der Waals surface area contributed by atoms with Gasteiger partial charge in [0.15, 0.2) is 0 Å². The number of hydrogen-bond acceptors (Lipinski definition) is 3. The topological polar surface area (TPSA) is 55.6 Å². The van der Waals surface area contributed by atoms with Gasteiger partial charge in [-0.1, -0.05) is 48.5 Å². The molecular weight excluding hydrogens is 264 g/mol. The number of primary amides is 1. The molecule has 0 aromatic heterocycles. The van der Waals surface area contributed by atoms with Gasteiger partial charge in [-0.05, 0) is 24.6 Å². The highest BCUT2D eigenvalue weighted by molar-refractivity contribution is 5.79. The lowest BCUT2D eigenvalue weighted by Crippen LogP contribution is -2.33. The Bertz CT molecular complexity index is 615. The summed E-state index contributed by atoms with van der Waals surface area (Å²) in [4.78, 5) is 17.8. The fourth-order valence-electron chi connectivity index (χ4n) is 2.89. The van der Waals surface area contributed by atoms with Crippen molar-refractivity contribution in [1.82, 2.24) is 0 Å². The zero-order chi connectivity index (χ0) is 14.8. The van der Waals surface area contributed by atoms with Crippen molar-refractivity contribution in [3.05, 3.63) is 66.2 Å². The van der Waals surface area contributed by atoms with E-state index in [1.165, 1.54) is 0 Å². The summed E-state index contributed by atoms with van der Waals surface area (Å²) in [5.74, 6) is -0.720. The Labute approximate surface area is 124 Å². The molecule has 0 spiro atoms. The van der Waals surface area contributed by atoms with Crippen LogP contribution in [0.5, 0.6) is 0 Å². The lowest BCUT2D eigenvalue weighted by atomic mass is 9.89. The Morgan fingerprint density at radius 1 is 1.05 bits per heavy atom. The molecular formula is C17H18N2O2. The predicted molar refractivity (Wildman–Crippen MR) is 81.3 cm³/mol. The SMILES string of the molecule is C[C@H]1ON(c2ccccc2)[C@@H](c2ccccc2)[C@@H]1C(N)=O. The van der Waals surface area contributed by atoms with Crippen molar-refractivity contribution in [1.29, 1.82) is 0 Å². The first-order valence-electron chi connectivity index (χ1n) is 7.04. The summed E-state index contributed by atoms with van der Waals surface area (Å²) in [6.07, 6.45) is -0.257. The third-order valence-corrected chi connectivity index (χ3v) is 3.86. The van der Waals surface area contributed by atoms with Crippen molar-refractivity contribution < 1.29 is 9.63 Å². The smallest absolute Gasteiger partial charge is 0.225 e. The second-order valence-corrected chi connectivity index (χ2v) is 5.26. The second-order valence-electron chi connectivity index (χ2n) is 5.26. The van der Waals surface area contributed by atoms with E-state index >= 15 is 0 Å². The highest BCUT2D eigenvalue weighted by atomic mass is 16.7. The van der Waals surface area contributed by atoms with Crippen LogP contribution in [0.3, 0.4) is 0 Å². The molecule has 1 saturated heterocycles. The van der Waals surface area contributed by atoms with Crippen molar-refractivity contribution in [2.45, 2.75) is 19.1 Å². The minimum atomic E-state index is -0.382. The lowest BCUT2D eigenvalue weighted by molar-refractivity contribution is -0.123. The summed E-state index contributed by atoms with van der Waals surface area (Å²) in [6.45, 7) is 1.88. The van der Waals surface area contributed by atoms with Gasteiger partial charge in [0.05, 0.1) is 23.8 Å². The molecule has 0 radical (unpaired) electrons. The van der Waals surface area contributed by atoms with Crippen LogP contribution in [-0.4, -0.2) is 12.0 Å². The third kappa shape index (κ3) is 2.50. The largest absolute Gasteiger partial charge is 0.369 e. The summed E-state index contributed by atoms with van der Waals surface area (Å²) < 4.78 is 0. The number of nitrogens with zero attached hydrogens (tertiary/aromatic N) is 1. The van der Waals surface area contributed by atoms with E-state index in [0.717, 1.165) is 11.3 Å². The Balaban J connectivity index is 2.05. The standard InChI is InChI=1S/C17H18N2O2/c1-12-15(17(18)20)16(13-8-4-2-5-9-13)19(21-12)14-10-6-3-7-11-14/h2-12,15-16H,1H3,(H2,18,20)/t12-,15-,16+/m1/s1. The number of para-hydroxylation sites is 1. The zero-order valence-corrected chi connectivity index (χ0v) is 11.8. The van der Waals surface area contributed by atoms with E-state index in [2.05, 4.69) is 0 Å². The molecule has 1 fully saturated rings. The van der Waals surface area contributed by atoms with E-state index in [-0.39, 0.29) is 24.0 Å². The predicted octanol–water partition coefficient (Wildman–Crippen LogP) is 2.67. The maximum atomic E-state index is 11.9. The van der Waals surface area contributed by atoms with Crippen LogP contribution in [0.25, 0.3) is 0 Å². The number of carbonyl (C=O) groups is 1. The molecule has 0 aliphatic carbocycles. The molecule has 2 aromatic rings. The van der Waals surface area contributed by atoms with Crippen LogP contribution in [0, 0.1) is 5.92 Å². The maximum Gasteiger partial charge on any atom is 0.225 e. The first kappa shape index (κ1) is 13.6. The second kappa shape index (κ2) is 5.58. The molecule has 2 aromatic carbocycles. The van der Waals surface area contributed by atoms with Crippen LogP contribution in [0.15, 0.2) is 60.7 Å². The molecule has 1 aliphatic rings. The van der Waals surface area contributed by atoms with Gasteiger partial charge >= 0.3 is 0 Å². The van der Waals surface area contributed by atoms with Gasteiger partial charge < -0.3 is 5.73 Å². The van der Waals surface area contributed by atoms with Gasteiger partial charge in [0, 0.05) is 0 Å². The Morgan fingerprint density at radius 3 is 2.19 bits per heavy atom. The van der Waals surface area contributed by atoms with E-state index in [1.807, 2.05) is 67.6 Å². The first-order chi connectivity index (χ1) is 10.2. The quantitative estimate of drug-likeness (QED) is 0.941. The van der Waals surface area contributed by atoms with E-state index in [1.54, 1.807) is 5.06 Å². The molecule has 2 N–H and O–H groups in total. The minimum Gasteiger partial charge on any atom is -0.369 e. The van der Waals surface area contributed by atoms with Gasteiger partial charge in [0.1, 0.15) is 0 Å². The minimum absolute atomic E-state index is 0.207. The molecule has 1 aliphatic heterocycles. The molecule has 21 heavy (non-hydrogen) atoms. The number of anilines is 1. The Hall–Kier alpha value is -2.33. The van der Waals surface area contributed by atoms with E-state index in [0.29, 0.717) is 0 Å². The number of carbonyl (C=O) groups excluding carboxylic acids is 1. The fraction of sp³-hybridized carbons (Fsp3) is 0.235. The molecule has 1 heterocycles. The monoisotopic (exact) mass is 282 g/mol. The van der Waals surface area contributed by atoms with E-state index in [4.69, 9.17) is 10.6 Å². The number of amides is 1. The molecule has 3 atom stereocenters. The average molecular weight is 282 g/mol. The first-order valence-corrected chi connectivity index (χ1v) is 7.04. The van der Waals surface area contributed by atoms with Crippen molar-refractivity contribution in [3.8, 4) is 0 Å². The Morgan fingerprint density at radius 2 is 1.62 bits per heavy atom. The maximum absolute atomic E-state index is 11.9. The van der Waals surface area contributed by atoms with Crippen molar-refractivity contribution >= 4 is 11.6 Å². The molecule has 4 heteroatoms. The van der Waals surface area contributed by atoms with Gasteiger partial charge in [-0.2, -0.15) is 0 Å². The van der Waals surface area contributed by atoms with Crippen LogP contribution < -0.4 is 10.8 Å². The number of hydrogen-bond donors (Lipinski definition) is 1. The van der Waals surface area contributed by atoms with Crippen LogP contribution in [0.2, 0.25) is 0 Å². The molecule has 108 valence electrons. The average Bonchev–Trinajstić information content (AvgIpc) is 2.86. The molecule has 0 saturated carbocycles. The van der Waals surface area contributed by atoms with Crippen LogP contribution in [-0.2, 0) is 9.63 Å². The number of benzene rings is 2. The molecule has 4 nitrogen and oxygen atoms in total. The van der Waals surface area contributed by atoms with Crippen LogP contribution in [0.1, 0.15) is 18.5 Å². The van der Waals surface area contributed by atoms with Crippen LogP contribution in [0.4, 0.5) is 5.69 Å². The van der Waals surface area contributed by atoms with Crippen molar-refractivity contribution in [2.75, 3.05) is 5.06 Å². The summed E-state index contributed by atoms with van der Waals surface area (Å²) in [7, 11) is 0. The highest BCUT2D eigenvalue weighted by Crippen LogP contribution is 2.41. The zero-order valence-electron chi connectivity index (χ0n) is 11.8. The summed E-state index contributed by atoms with van der Waals surface area (Å²) in [5.41, 5.74) is 7.55. The number of nitrogens with two attached hydrogens (primary N) is 1. The van der Waals surface area contributed by atoms with Crippen LogP contribution >= 0.6 is 0 Å². The molecule has 0 unspecified atom stereocenters. The summed E-state index contributed by atoms with van der Waals surface area (Å²) in [6, 6.07) is 19.4. The number of hydroxylamine groups is 1. The number of rotatable bonds is 3. The van der Waals surface area contributed by atoms with Gasteiger partial charge in [-0.25, -0.2) is 5.06 Å². The van der Waals surface area contributed by atoms with Gasteiger partial charge in [-0.3, -0.25) is 9.63 Å². The van der Waals surface area contributed by atoms with Gasteiger partial charge in [-0.15, -0.1) is 0 Å². The van der Waals surface area contributed by atoms with E-state index < -0.39 is 0 Å². The molecule has 1 amide bonds. The van der Waals surface area contributed by atoms with Gasteiger partial charge in [0.25, 0.3) is 0 Å². The van der Waals surface area contributed by atoms with Crippen molar-refractivity contribution in [3.63, 3.8) is 0 Å².